The Kier molecular flexibility index (Phi) is 3.48. The Balaban J connectivity index is 2.02. The first kappa shape index (κ1) is 11.7. The first-order chi connectivity index (χ1) is 8.18. The fourth-order valence-electron chi connectivity index (χ4n) is 1.37. The quantitative estimate of drug-likeness (QED) is 0.858. The van der Waals surface area contributed by atoms with E-state index in [9.17, 15) is 4.79 Å². The minimum absolute atomic E-state index is 0.153. The lowest BCUT2D eigenvalue weighted by Crippen LogP contribution is -2.23. The van der Waals surface area contributed by atoms with Gasteiger partial charge in [-0.1, -0.05) is 18.3 Å². The highest BCUT2D eigenvalue weighted by Gasteiger charge is 2.18. The molecule has 0 atom stereocenters. The van der Waals surface area contributed by atoms with Crippen LogP contribution in [0.1, 0.15) is 41.0 Å². The van der Waals surface area contributed by atoms with Gasteiger partial charge >= 0.3 is 0 Å². The van der Waals surface area contributed by atoms with Crippen molar-refractivity contribution < 1.29 is 4.79 Å². The van der Waals surface area contributed by atoms with Gasteiger partial charge in [0, 0.05) is 12.4 Å². The predicted molar refractivity (Wildman–Crippen MR) is 63.8 cm³/mol. The Bertz CT molecular complexity index is 491. The molecule has 2 aromatic rings. The molecule has 0 spiro atoms. The molecule has 0 fully saturated rings. The molecule has 1 amide bonds. The number of nitrogens with one attached hydrogen (secondary N) is 2. The number of aromatic amines is 1. The number of amides is 1. The van der Waals surface area contributed by atoms with E-state index in [1.165, 1.54) is 0 Å². The van der Waals surface area contributed by atoms with Gasteiger partial charge in [0.2, 0.25) is 0 Å². The van der Waals surface area contributed by atoms with Crippen molar-refractivity contribution in [1.29, 1.82) is 0 Å². The third kappa shape index (κ3) is 2.68. The molecule has 0 saturated heterocycles. The van der Waals surface area contributed by atoms with Crippen LogP contribution in [0.15, 0.2) is 12.4 Å². The summed E-state index contributed by atoms with van der Waals surface area (Å²) in [6, 6.07) is 0. The predicted octanol–water partition coefficient (Wildman–Crippen LogP) is 1.31. The SMILES string of the molecule is CC(C)c1nnsc1C(=O)NCc1ncc[nH]1. The van der Waals surface area contributed by atoms with Gasteiger partial charge in [-0.15, -0.1) is 5.10 Å². The molecule has 6 nitrogen and oxygen atoms in total. The molecule has 0 aliphatic carbocycles. The van der Waals surface area contributed by atoms with Crippen molar-refractivity contribution in [2.75, 3.05) is 0 Å². The summed E-state index contributed by atoms with van der Waals surface area (Å²) < 4.78 is 3.82. The van der Waals surface area contributed by atoms with Crippen LogP contribution in [-0.4, -0.2) is 25.5 Å². The normalized spacial score (nSPS) is 10.8. The number of aromatic nitrogens is 4. The zero-order valence-electron chi connectivity index (χ0n) is 9.60. The molecule has 7 heteroatoms. The van der Waals surface area contributed by atoms with E-state index in [0.29, 0.717) is 11.4 Å². The minimum Gasteiger partial charge on any atom is -0.347 e. The summed E-state index contributed by atoms with van der Waals surface area (Å²) in [5.41, 5.74) is 0.743. The second-order valence-electron chi connectivity index (χ2n) is 3.86. The third-order valence-corrected chi connectivity index (χ3v) is 2.98. The molecule has 0 bridgehead atoms. The van der Waals surface area contributed by atoms with E-state index in [2.05, 4.69) is 24.9 Å². The molecular weight excluding hydrogens is 238 g/mol. The topological polar surface area (TPSA) is 83.6 Å². The van der Waals surface area contributed by atoms with Crippen LogP contribution in [0, 0.1) is 0 Å². The molecule has 0 aromatic carbocycles. The molecule has 0 unspecified atom stereocenters. The van der Waals surface area contributed by atoms with Crippen LogP contribution < -0.4 is 5.32 Å². The van der Waals surface area contributed by atoms with E-state index in [-0.39, 0.29) is 11.8 Å². The van der Waals surface area contributed by atoms with E-state index in [0.717, 1.165) is 23.1 Å². The van der Waals surface area contributed by atoms with Gasteiger partial charge in [-0.05, 0) is 17.5 Å². The number of hydrogen-bond acceptors (Lipinski definition) is 5. The standard InChI is InChI=1S/C10H13N5OS/c1-6(2)8-9(17-15-14-8)10(16)13-5-7-11-3-4-12-7/h3-4,6H,5H2,1-2H3,(H,11,12)(H,13,16). The van der Waals surface area contributed by atoms with Gasteiger partial charge in [-0.25, -0.2) is 4.98 Å². The largest absolute Gasteiger partial charge is 0.347 e. The maximum atomic E-state index is 11.9. The maximum Gasteiger partial charge on any atom is 0.265 e. The van der Waals surface area contributed by atoms with Gasteiger partial charge in [-0.2, -0.15) is 0 Å². The molecule has 2 heterocycles. The van der Waals surface area contributed by atoms with E-state index < -0.39 is 0 Å². The highest BCUT2D eigenvalue weighted by atomic mass is 32.1. The van der Waals surface area contributed by atoms with Crippen LogP contribution >= 0.6 is 11.5 Å². The first-order valence-corrected chi connectivity index (χ1v) is 6.04. The van der Waals surface area contributed by atoms with Crippen LogP contribution in [0.5, 0.6) is 0 Å². The second-order valence-corrected chi connectivity index (χ2v) is 4.61. The van der Waals surface area contributed by atoms with Gasteiger partial charge in [0.15, 0.2) is 0 Å². The van der Waals surface area contributed by atoms with Crippen molar-refractivity contribution in [3.63, 3.8) is 0 Å². The average Bonchev–Trinajstić information content (AvgIpc) is 2.96. The van der Waals surface area contributed by atoms with Gasteiger partial charge < -0.3 is 10.3 Å². The number of hydrogen-bond donors (Lipinski definition) is 2. The number of nitrogens with zero attached hydrogens (tertiary/aromatic N) is 3. The molecule has 0 radical (unpaired) electrons. The van der Waals surface area contributed by atoms with Crippen LogP contribution in [-0.2, 0) is 6.54 Å². The fourth-order valence-corrected chi connectivity index (χ4v) is 2.11. The van der Waals surface area contributed by atoms with Gasteiger partial charge in [0.05, 0.1) is 12.2 Å². The molecule has 2 aromatic heterocycles. The summed E-state index contributed by atoms with van der Waals surface area (Å²) in [4.78, 5) is 19.4. The van der Waals surface area contributed by atoms with Gasteiger partial charge in [-0.3, -0.25) is 4.79 Å². The summed E-state index contributed by atoms with van der Waals surface area (Å²) in [7, 11) is 0. The smallest absolute Gasteiger partial charge is 0.265 e. The first-order valence-electron chi connectivity index (χ1n) is 5.27. The molecule has 90 valence electrons. The molecule has 0 aliphatic heterocycles. The molecule has 0 aliphatic rings. The zero-order chi connectivity index (χ0) is 12.3. The lowest BCUT2D eigenvalue weighted by molar-refractivity contribution is 0.0952. The van der Waals surface area contributed by atoms with Crippen molar-refractivity contribution in [3.8, 4) is 0 Å². The van der Waals surface area contributed by atoms with Crippen molar-refractivity contribution >= 4 is 17.4 Å². The Hall–Kier alpha value is -1.76. The van der Waals surface area contributed by atoms with Crippen molar-refractivity contribution in [2.45, 2.75) is 26.3 Å². The second kappa shape index (κ2) is 5.05. The minimum atomic E-state index is -0.153. The molecule has 2 rings (SSSR count). The van der Waals surface area contributed by atoms with E-state index >= 15 is 0 Å². The summed E-state index contributed by atoms with van der Waals surface area (Å²) >= 11 is 1.12. The van der Waals surface area contributed by atoms with E-state index in [4.69, 9.17) is 0 Å². The number of imidazole rings is 1. The lowest BCUT2D eigenvalue weighted by Gasteiger charge is -2.04. The van der Waals surface area contributed by atoms with Crippen LogP contribution in [0.2, 0.25) is 0 Å². The molecule has 0 saturated carbocycles. The Morgan fingerprint density at radius 3 is 3.06 bits per heavy atom. The maximum absolute atomic E-state index is 11.9. The highest BCUT2D eigenvalue weighted by molar-refractivity contribution is 7.08. The number of carbonyl (C=O) groups excluding carboxylic acids is 1. The number of H-pyrrole nitrogens is 1. The summed E-state index contributed by atoms with van der Waals surface area (Å²) in [5.74, 6) is 0.764. The fraction of sp³-hybridized carbons (Fsp3) is 0.400. The third-order valence-electron chi connectivity index (χ3n) is 2.24. The summed E-state index contributed by atoms with van der Waals surface area (Å²) in [6.45, 7) is 4.35. The van der Waals surface area contributed by atoms with E-state index in [1.54, 1.807) is 12.4 Å². The summed E-state index contributed by atoms with van der Waals surface area (Å²) in [6.07, 6.45) is 3.37. The summed E-state index contributed by atoms with van der Waals surface area (Å²) in [5, 5.41) is 6.75. The Morgan fingerprint density at radius 1 is 1.59 bits per heavy atom. The number of rotatable bonds is 4. The van der Waals surface area contributed by atoms with Crippen LogP contribution in [0.4, 0.5) is 0 Å². The number of carbonyl (C=O) groups is 1. The van der Waals surface area contributed by atoms with Crippen LogP contribution in [0.25, 0.3) is 0 Å². The zero-order valence-corrected chi connectivity index (χ0v) is 10.4. The Morgan fingerprint density at radius 2 is 2.41 bits per heavy atom. The van der Waals surface area contributed by atoms with E-state index in [1.807, 2.05) is 13.8 Å². The van der Waals surface area contributed by atoms with Crippen molar-refractivity contribution in [1.82, 2.24) is 24.9 Å². The van der Waals surface area contributed by atoms with Crippen LogP contribution in [0.3, 0.4) is 0 Å². The lowest BCUT2D eigenvalue weighted by atomic mass is 10.1. The van der Waals surface area contributed by atoms with Gasteiger partial charge in [0.25, 0.3) is 5.91 Å². The average molecular weight is 251 g/mol. The molecular formula is C10H13N5OS. The van der Waals surface area contributed by atoms with Crippen molar-refractivity contribution in [2.24, 2.45) is 0 Å². The van der Waals surface area contributed by atoms with Gasteiger partial charge in [0.1, 0.15) is 10.7 Å². The monoisotopic (exact) mass is 251 g/mol. The Labute approximate surface area is 103 Å². The highest BCUT2D eigenvalue weighted by Crippen LogP contribution is 2.19. The molecule has 17 heavy (non-hydrogen) atoms. The molecule has 2 N–H and O–H groups in total. The van der Waals surface area contributed by atoms with Crippen molar-refractivity contribution in [3.05, 3.63) is 28.8 Å².